The number of likely N-dealkylation sites (N-methyl/N-ethyl adjacent to an activating group) is 1. The smallest absolute Gasteiger partial charge is 0.250 e. The SMILES string of the molecule is CNC(Cn1ccccc1=O)c1ccc(CC(C)C)cc1. The van der Waals surface area contributed by atoms with Crippen molar-refractivity contribution in [2.24, 2.45) is 5.92 Å². The van der Waals surface area contributed by atoms with Crippen LogP contribution in [0, 0.1) is 5.92 Å². The monoisotopic (exact) mass is 284 g/mol. The lowest BCUT2D eigenvalue weighted by Gasteiger charge is -2.18. The third-order valence-corrected chi connectivity index (χ3v) is 3.65. The van der Waals surface area contributed by atoms with Gasteiger partial charge < -0.3 is 9.88 Å². The number of aromatic nitrogens is 1. The Labute approximate surface area is 126 Å². The van der Waals surface area contributed by atoms with Crippen LogP contribution in [0.25, 0.3) is 0 Å². The number of hydrogen-bond acceptors (Lipinski definition) is 2. The van der Waals surface area contributed by atoms with Crippen LogP contribution in [0.5, 0.6) is 0 Å². The second-order valence-electron chi connectivity index (χ2n) is 5.87. The van der Waals surface area contributed by atoms with E-state index in [1.54, 1.807) is 16.7 Å². The Morgan fingerprint density at radius 3 is 2.38 bits per heavy atom. The summed E-state index contributed by atoms with van der Waals surface area (Å²) in [5.74, 6) is 0.666. The first-order valence-electron chi connectivity index (χ1n) is 7.51. The number of benzene rings is 1. The van der Waals surface area contributed by atoms with Crippen molar-refractivity contribution in [2.75, 3.05) is 7.05 Å². The second kappa shape index (κ2) is 7.23. The van der Waals surface area contributed by atoms with Crippen LogP contribution in [0.2, 0.25) is 0 Å². The quantitative estimate of drug-likeness (QED) is 0.885. The molecular weight excluding hydrogens is 260 g/mol. The molecule has 0 fully saturated rings. The summed E-state index contributed by atoms with van der Waals surface area (Å²) in [5.41, 5.74) is 2.61. The average molecular weight is 284 g/mol. The van der Waals surface area contributed by atoms with Gasteiger partial charge >= 0.3 is 0 Å². The topological polar surface area (TPSA) is 34.0 Å². The Morgan fingerprint density at radius 2 is 1.81 bits per heavy atom. The molecule has 0 aliphatic heterocycles. The molecule has 1 N–H and O–H groups in total. The Hall–Kier alpha value is -1.87. The van der Waals surface area contributed by atoms with Crippen LogP contribution in [0.1, 0.15) is 31.0 Å². The van der Waals surface area contributed by atoms with Gasteiger partial charge in [0.15, 0.2) is 0 Å². The Balaban J connectivity index is 2.14. The van der Waals surface area contributed by atoms with Crippen LogP contribution >= 0.6 is 0 Å². The van der Waals surface area contributed by atoms with E-state index in [0.717, 1.165) is 6.42 Å². The van der Waals surface area contributed by atoms with Crippen LogP contribution < -0.4 is 10.9 Å². The van der Waals surface area contributed by atoms with E-state index in [-0.39, 0.29) is 11.6 Å². The van der Waals surface area contributed by atoms with Gasteiger partial charge in [0.25, 0.3) is 5.56 Å². The third kappa shape index (κ3) is 4.30. The van der Waals surface area contributed by atoms with Gasteiger partial charge in [-0.3, -0.25) is 4.79 Å². The molecule has 1 aromatic carbocycles. The maximum absolute atomic E-state index is 11.8. The first-order chi connectivity index (χ1) is 10.1. The maximum atomic E-state index is 11.8. The molecule has 1 atom stereocenters. The molecule has 0 saturated carbocycles. The van der Waals surface area contributed by atoms with Crippen molar-refractivity contribution in [2.45, 2.75) is 32.9 Å². The molecule has 3 nitrogen and oxygen atoms in total. The summed E-state index contributed by atoms with van der Waals surface area (Å²) in [6.45, 7) is 5.10. The maximum Gasteiger partial charge on any atom is 0.250 e. The molecule has 112 valence electrons. The lowest BCUT2D eigenvalue weighted by molar-refractivity contribution is 0.491. The Morgan fingerprint density at radius 1 is 1.10 bits per heavy atom. The fraction of sp³-hybridized carbons (Fsp3) is 0.389. The van der Waals surface area contributed by atoms with Gasteiger partial charge in [-0.2, -0.15) is 0 Å². The van der Waals surface area contributed by atoms with E-state index in [4.69, 9.17) is 0 Å². The average Bonchev–Trinajstić information content (AvgIpc) is 2.47. The highest BCUT2D eigenvalue weighted by Gasteiger charge is 2.10. The normalized spacial score (nSPS) is 12.6. The van der Waals surface area contributed by atoms with Crippen molar-refractivity contribution < 1.29 is 0 Å². The van der Waals surface area contributed by atoms with Crippen LogP contribution in [0.3, 0.4) is 0 Å². The second-order valence-corrected chi connectivity index (χ2v) is 5.87. The van der Waals surface area contributed by atoms with E-state index >= 15 is 0 Å². The molecule has 0 spiro atoms. The van der Waals surface area contributed by atoms with Gasteiger partial charge in [-0.15, -0.1) is 0 Å². The molecule has 0 aliphatic rings. The van der Waals surface area contributed by atoms with E-state index in [1.165, 1.54) is 11.1 Å². The summed E-state index contributed by atoms with van der Waals surface area (Å²) in [5, 5.41) is 3.29. The van der Waals surface area contributed by atoms with E-state index in [9.17, 15) is 4.79 Å². The zero-order chi connectivity index (χ0) is 15.2. The lowest BCUT2D eigenvalue weighted by Crippen LogP contribution is -2.27. The number of pyridine rings is 1. The van der Waals surface area contributed by atoms with E-state index in [2.05, 4.69) is 43.4 Å². The van der Waals surface area contributed by atoms with Gasteiger partial charge in [-0.1, -0.05) is 44.2 Å². The first kappa shape index (κ1) is 15.5. The summed E-state index contributed by atoms with van der Waals surface area (Å²) in [7, 11) is 1.93. The highest BCUT2D eigenvalue weighted by molar-refractivity contribution is 5.25. The van der Waals surface area contributed by atoms with Crippen molar-refractivity contribution >= 4 is 0 Å². The molecule has 0 bridgehead atoms. The van der Waals surface area contributed by atoms with Crippen LogP contribution in [-0.2, 0) is 13.0 Å². The lowest BCUT2D eigenvalue weighted by atomic mass is 9.99. The molecule has 2 rings (SSSR count). The summed E-state index contributed by atoms with van der Waals surface area (Å²) in [6.07, 6.45) is 2.93. The molecule has 0 aliphatic carbocycles. The van der Waals surface area contributed by atoms with Crippen molar-refractivity contribution in [1.82, 2.24) is 9.88 Å². The fourth-order valence-electron chi connectivity index (χ4n) is 2.53. The number of nitrogens with zero attached hydrogens (tertiary/aromatic N) is 1. The van der Waals surface area contributed by atoms with Crippen molar-refractivity contribution in [3.05, 3.63) is 70.1 Å². The van der Waals surface area contributed by atoms with Gasteiger partial charge in [0.2, 0.25) is 0 Å². The summed E-state index contributed by atoms with van der Waals surface area (Å²) >= 11 is 0. The summed E-state index contributed by atoms with van der Waals surface area (Å²) in [6, 6.07) is 14.1. The molecule has 3 heteroatoms. The molecular formula is C18H24N2O. The van der Waals surface area contributed by atoms with Crippen LogP contribution in [0.15, 0.2) is 53.5 Å². The minimum atomic E-state index is 0.0363. The highest BCUT2D eigenvalue weighted by atomic mass is 16.1. The van der Waals surface area contributed by atoms with Gasteiger partial charge in [0.05, 0.1) is 6.04 Å². The zero-order valence-electron chi connectivity index (χ0n) is 13.0. The van der Waals surface area contributed by atoms with Gasteiger partial charge in [0, 0.05) is 18.8 Å². The molecule has 1 aromatic heterocycles. The zero-order valence-corrected chi connectivity index (χ0v) is 13.0. The summed E-state index contributed by atoms with van der Waals surface area (Å²) < 4.78 is 1.74. The highest BCUT2D eigenvalue weighted by Crippen LogP contribution is 2.17. The standard InChI is InChI=1S/C18H24N2O/c1-14(2)12-15-7-9-16(10-8-15)17(19-3)13-20-11-5-4-6-18(20)21/h4-11,14,17,19H,12-13H2,1-3H3. The molecule has 21 heavy (non-hydrogen) atoms. The fourth-order valence-corrected chi connectivity index (χ4v) is 2.53. The minimum Gasteiger partial charge on any atom is -0.314 e. The Kier molecular flexibility index (Phi) is 5.34. The number of rotatable bonds is 6. The minimum absolute atomic E-state index is 0.0363. The van der Waals surface area contributed by atoms with E-state index in [0.29, 0.717) is 12.5 Å². The number of nitrogens with one attached hydrogen (secondary N) is 1. The van der Waals surface area contributed by atoms with Crippen LogP contribution in [0.4, 0.5) is 0 Å². The predicted molar refractivity (Wildman–Crippen MR) is 87.5 cm³/mol. The molecule has 2 aromatic rings. The van der Waals surface area contributed by atoms with E-state index < -0.39 is 0 Å². The number of hydrogen-bond donors (Lipinski definition) is 1. The van der Waals surface area contributed by atoms with Crippen molar-refractivity contribution in [3.8, 4) is 0 Å². The van der Waals surface area contributed by atoms with Gasteiger partial charge in [-0.25, -0.2) is 0 Å². The largest absolute Gasteiger partial charge is 0.314 e. The predicted octanol–water partition coefficient (Wildman–Crippen LogP) is 3.01. The van der Waals surface area contributed by atoms with Crippen molar-refractivity contribution in [3.63, 3.8) is 0 Å². The molecule has 1 unspecified atom stereocenters. The Bertz CT molecular complexity index is 614. The molecule has 0 amide bonds. The molecule has 0 radical (unpaired) electrons. The first-order valence-corrected chi connectivity index (χ1v) is 7.51. The summed E-state index contributed by atoms with van der Waals surface area (Å²) in [4.78, 5) is 11.8. The van der Waals surface area contributed by atoms with E-state index in [1.807, 2.05) is 19.3 Å². The third-order valence-electron chi connectivity index (χ3n) is 3.65. The van der Waals surface area contributed by atoms with Gasteiger partial charge in [0.1, 0.15) is 0 Å². The molecule has 1 heterocycles. The van der Waals surface area contributed by atoms with Crippen molar-refractivity contribution in [1.29, 1.82) is 0 Å². The molecule has 0 saturated heterocycles. The van der Waals surface area contributed by atoms with Crippen LogP contribution in [-0.4, -0.2) is 11.6 Å². The van der Waals surface area contributed by atoms with Gasteiger partial charge in [-0.05, 0) is 36.6 Å².